The Bertz CT molecular complexity index is 1070. The largest absolute Gasteiger partial charge is 0.379 e. The number of rotatable bonds is 8. The third-order valence-corrected chi connectivity index (χ3v) is 8.08. The van der Waals surface area contributed by atoms with Gasteiger partial charge < -0.3 is 9.64 Å². The van der Waals surface area contributed by atoms with Gasteiger partial charge in [-0.2, -0.15) is 5.10 Å². The number of nitrogens with zero attached hydrogens (tertiary/aromatic N) is 4. The van der Waals surface area contributed by atoms with Gasteiger partial charge in [-0.3, -0.25) is 14.5 Å². The number of carbonyl (C=O) groups excluding carboxylic acids is 2. The van der Waals surface area contributed by atoms with E-state index in [1.165, 1.54) is 11.1 Å². The van der Waals surface area contributed by atoms with Gasteiger partial charge in [0.1, 0.15) is 12.4 Å². The highest BCUT2D eigenvalue weighted by Crippen LogP contribution is 2.36. The molecular formula is C26H31FN4O3S. The number of hydrazone groups is 1. The number of benzene rings is 1. The summed E-state index contributed by atoms with van der Waals surface area (Å²) in [6.07, 6.45) is 3.28. The van der Waals surface area contributed by atoms with Gasteiger partial charge in [-0.05, 0) is 30.4 Å². The molecule has 186 valence electrons. The molecule has 3 aliphatic rings. The maximum absolute atomic E-state index is 14.5. The van der Waals surface area contributed by atoms with E-state index in [9.17, 15) is 14.0 Å². The molecule has 0 bridgehead atoms. The van der Waals surface area contributed by atoms with E-state index in [0.29, 0.717) is 44.0 Å². The van der Waals surface area contributed by atoms with Gasteiger partial charge in [-0.25, -0.2) is 9.40 Å². The third kappa shape index (κ3) is 5.47. The molecule has 2 amide bonds. The highest BCUT2D eigenvalue weighted by molar-refractivity contribution is 7.10. The fourth-order valence-electron chi connectivity index (χ4n) is 4.80. The van der Waals surface area contributed by atoms with Crippen molar-refractivity contribution in [1.29, 1.82) is 0 Å². The number of hydrogen-bond acceptors (Lipinski definition) is 6. The van der Waals surface area contributed by atoms with Crippen LogP contribution in [0.5, 0.6) is 0 Å². The highest BCUT2D eigenvalue weighted by atomic mass is 32.1. The van der Waals surface area contributed by atoms with E-state index in [1.807, 2.05) is 17.5 Å². The van der Waals surface area contributed by atoms with Crippen LogP contribution in [0.25, 0.3) is 0 Å². The van der Waals surface area contributed by atoms with E-state index in [4.69, 9.17) is 4.74 Å². The molecule has 35 heavy (non-hydrogen) atoms. The summed E-state index contributed by atoms with van der Waals surface area (Å²) in [5.74, 6) is -0.512. The Kier molecular flexibility index (Phi) is 7.55. The molecule has 9 heteroatoms. The molecule has 1 saturated heterocycles. The Hall–Kier alpha value is -2.62. The number of ether oxygens (including phenoxy) is 1. The summed E-state index contributed by atoms with van der Waals surface area (Å²) in [5.41, 5.74) is 0.971. The van der Waals surface area contributed by atoms with Crippen molar-refractivity contribution in [1.82, 2.24) is 14.8 Å². The number of hydrogen-bond donors (Lipinski definition) is 0. The standard InChI is InChI=1S/C26H31FN4O3S/c27-21-8-2-1-7-20(21)22-17-23(24-9-4-16-35-24)31(28-22)25(32)18-30(26(33)19-5-3-6-19)11-10-29-12-14-34-15-13-29/h1-2,4,7-9,16,19,23H,3,5-6,10-15,17-18H2. The van der Waals surface area contributed by atoms with E-state index >= 15 is 0 Å². The lowest BCUT2D eigenvalue weighted by atomic mass is 9.84. The van der Waals surface area contributed by atoms with Crippen molar-refractivity contribution >= 4 is 28.9 Å². The van der Waals surface area contributed by atoms with Gasteiger partial charge in [0.25, 0.3) is 5.91 Å². The predicted molar refractivity (Wildman–Crippen MR) is 133 cm³/mol. The van der Waals surface area contributed by atoms with Gasteiger partial charge in [0.15, 0.2) is 0 Å². The van der Waals surface area contributed by atoms with Crippen LogP contribution >= 0.6 is 11.3 Å². The Labute approximate surface area is 209 Å². The van der Waals surface area contributed by atoms with Crippen LogP contribution in [-0.4, -0.2) is 78.3 Å². The van der Waals surface area contributed by atoms with Gasteiger partial charge in [-0.15, -0.1) is 11.3 Å². The zero-order valence-corrected chi connectivity index (χ0v) is 20.6. The normalized spacial score (nSPS) is 21.0. The molecule has 1 atom stereocenters. The quantitative estimate of drug-likeness (QED) is 0.559. The van der Waals surface area contributed by atoms with Crippen LogP contribution in [0.2, 0.25) is 0 Å². The molecule has 1 aliphatic carbocycles. The van der Waals surface area contributed by atoms with Gasteiger partial charge in [0, 0.05) is 49.0 Å². The zero-order valence-electron chi connectivity index (χ0n) is 19.8. The number of amides is 2. The average molecular weight is 499 g/mol. The molecule has 2 aromatic rings. The van der Waals surface area contributed by atoms with Crippen molar-refractivity contribution < 1.29 is 18.7 Å². The van der Waals surface area contributed by atoms with E-state index in [0.717, 1.165) is 37.2 Å². The monoisotopic (exact) mass is 498 g/mol. The van der Waals surface area contributed by atoms with E-state index < -0.39 is 0 Å². The second-order valence-electron chi connectivity index (χ2n) is 9.34. The zero-order chi connectivity index (χ0) is 24.2. The Morgan fingerprint density at radius 3 is 2.63 bits per heavy atom. The average Bonchev–Trinajstić information content (AvgIpc) is 3.51. The van der Waals surface area contributed by atoms with Crippen LogP contribution < -0.4 is 0 Å². The summed E-state index contributed by atoms with van der Waals surface area (Å²) in [4.78, 5) is 31.8. The minimum atomic E-state index is -0.349. The second-order valence-corrected chi connectivity index (χ2v) is 10.3. The lowest BCUT2D eigenvalue weighted by molar-refractivity contribution is -0.145. The van der Waals surface area contributed by atoms with Crippen LogP contribution in [0.3, 0.4) is 0 Å². The lowest BCUT2D eigenvalue weighted by Gasteiger charge is -2.34. The van der Waals surface area contributed by atoms with Crippen molar-refractivity contribution in [3.8, 4) is 0 Å². The first-order valence-electron chi connectivity index (χ1n) is 12.4. The van der Waals surface area contributed by atoms with Crippen molar-refractivity contribution in [2.24, 2.45) is 11.0 Å². The summed E-state index contributed by atoms with van der Waals surface area (Å²) in [5, 5.41) is 8.04. The van der Waals surface area contributed by atoms with Crippen LogP contribution in [-0.2, 0) is 14.3 Å². The Morgan fingerprint density at radius 2 is 1.94 bits per heavy atom. The van der Waals surface area contributed by atoms with E-state index in [-0.39, 0.29) is 36.1 Å². The first-order valence-corrected chi connectivity index (χ1v) is 13.2. The molecular weight excluding hydrogens is 467 g/mol. The Morgan fingerprint density at radius 1 is 1.14 bits per heavy atom. The number of thiophene rings is 1. The lowest BCUT2D eigenvalue weighted by Crippen LogP contribution is -2.49. The van der Waals surface area contributed by atoms with Crippen molar-refractivity contribution in [2.75, 3.05) is 45.9 Å². The van der Waals surface area contributed by atoms with E-state index in [1.54, 1.807) is 34.4 Å². The molecule has 1 saturated carbocycles. The molecule has 2 aliphatic heterocycles. The van der Waals surface area contributed by atoms with Crippen molar-refractivity contribution in [3.63, 3.8) is 0 Å². The molecule has 1 unspecified atom stereocenters. The highest BCUT2D eigenvalue weighted by Gasteiger charge is 2.37. The SMILES string of the molecule is O=C(C1CCC1)N(CCN1CCOCC1)CC(=O)N1N=C(c2ccccc2F)CC1c1cccs1. The number of halogens is 1. The van der Waals surface area contributed by atoms with Crippen LogP contribution in [0.1, 0.15) is 42.2 Å². The van der Waals surface area contributed by atoms with Crippen LogP contribution in [0, 0.1) is 11.7 Å². The van der Waals surface area contributed by atoms with Crippen LogP contribution in [0.4, 0.5) is 4.39 Å². The number of carbonyl (C=O) groups is 2. The molecule has 1 aromatic carbocycles. The molecule has 7 nitrogen and oxygen atoms in total. The molecule has 5 rings (SSSR count). The molecule has 0 N–H and O–H groups in total. The Balaban J connectivity index is 1.35. The van der Waals surface area contributed by atoms with Gasteiger partial charge in [0.2, 0.25) is 5.91 Å². The van der Waals surface area contributed by atoms with E-state index in [2.05, 4.69) is 10.0 Å². The maximum Gasteiger partial charge on any atom is 0.262 e. The fourth-order valence-corrected chi connectivity index (χ4v) is 5.62. The summed E-state index contributed by atoms with van der Waals surface area (Å²) >= 11 is 1.55. The minimum Gasteiger partial charge on any atom is -0.379 e. The molecule has 2 fully saturated rings. The topological polar surface area (TPSA) is 65.5 Å². The molecule has 0 spiro atoms. The smallest absolute Gasteiger partial charge is 0.262 e. The van der Waals surface area contributed by atoms with Gasteiger partial charge in [-0.1, -0.05) is 30.7 Å². The molecule has 1 aromatic heterocycles. The summed E-state index contributed by atoms with van der Waals surface area (Å²) in [7, 11) is 0. The number of morpholine rings is 1. The van der Waals surface area contributed by atoms with Crippen LogP contribution in [0.15, 0.2) is 46.9 Å². The van der Waals surface area contributed by atoms with Gasteiger partial charge in [0.05, 0.1) is 25.0 Å². The predicted octanol–water partition coefficient (Wildman–Crippen LogP) is 3.53. The van der Waals surface area contributed by atoms with Gasteiger partial charge >= 0.3 is 0 Å². The maximum atomic E-state index is 14.5. The van der Waals surface area contributed by atoms with Crippen molar-refractivity contribution in [3.05, 3.63) is 58.0 Å². The first kappa shape index (κ1) is 24.1. The third-order valence-electron chi connectivity index (χ3n) is 7.10. The first-order chi connectivity index (χ1) is 17.1. The molecule has 3 heterocycles. The minimum absolute atomic E-state index is 0.0108. The van der Waals surface area contributed by atoms with Crippen molar-refractivity contribution in [2.45, 2.75) is 31.7 Å². The summed E-state index contributed by atoms with van der Waals surface area (Å²) < 4.78 is 19.9. The fraction of sp³-hybridized carbons (Fsp3) is 0.500. The molecule has 0 radical (unpaired) electrons. The summed E-state index contributed by atoms with van der Waals surface area (Å²) in [6.45, 7) is 4.26. The second kappa shape index (κ2) is 11.0. The summed E-state index contributed by atoms with van der Waals surface area (Å²) in [6, 6.07) is 10.2.